The highest BCUT2D eigenvalue weighted by molar-refractivity contribution is 5.62. The summed E-state index contributed by atoms with van der Waals surface area (Å²) in [6, 6.07) is 9.18. The van der Waals surface area contributed by atoms with Gasteiger partial charge in [0.2, 0.25) is 0 Å². The number of aliphatic hydroxyl groups is 1. The van der Waals surface area contributed by atoms with Gasteiger partial charge in [0.25, 0.3) is 0 Å². The van der Waals surface area contributed by atoms with Gasteiger partial charge in [-0.2, -0.15) is 13.2 Å². The number of alkyl halides is 3. The van der Waals surface area contributed by atoms with Gasteiger partial charge in [-0.15, -0.1) is 0 Å². The van der Waals surface area contributed by atoms with Gasteiger partial charge in [-0.3, -0.25) is 0 Å². The van der Waals surface area contributed by atoms with Crippen LogP contribution in [0, 0.1) is 5.41 Å². The van der Waals surface area contributed by atoms with Crippen molar-refractivity contribution in [1.82, 2.24) is 0 Å². The monoisotopic (exact) mass is 493 g/mol. The van der Waals surface area contributed by atoms with Crippen molar-refractivity contribution in [3.63, 3.8) is 0 Å². The van der Waals surface area contributed by atoms with Gasteiger partial charge in [0.05, 0.1) is 6.33 Å². The van der Waals surface area contributed by atoms with E-state index in [4.69, 9.17) is 17.2 Å². The first-order valence-electron chi connectivity index (χ1n) is 11.1. The molecule has 8 heteroatoms. The average Bonchev–Trinajstić information content (AvgIpc) is 2.78. The highest BCUT2D eigenvalue weighted by Gasteiger charge is 2.56. The first-order valence-corrected chi connectivity index (χ1v) is 11.1. The molecule has 0 bridgehead atoms. The van der Waals surface area contributed by atoms with Crippen molar-refractivity contribution in [3.8, 4) is 0 Å². The lowest BCUT2D eigenvalue weighted by Gasteiger charge is -2.38. The van der Waals surface area contributed by atoms with Gasteiger partial charge in [-0.05, 0) is 60.2 Å². The lowest BCUT2D eigenvalue weighted by atomic mass is 9.72. The van der Waals surface area contributed by atoms with Crippen LogP contribution >= 0.6 is 0 Å². The third-order valence-electron chi connectivity index (χ3n) is 5.56. The van der Waals surface area contributed by atoms with Gasteiger partial charge < -0.3 is 22.3 Å². The molecule has 0 saturated carbocycles. The number of rotatable bonds is 11. The van der Waals surface area contributed by atoms with E-state index >= 15 is 0 Å². The van der Waals surface area contributed by atoms with Crippen molar-refractivity contribution in [2.24, 2.45) is 22.6 Å². The molecule has 192 valence electrons. The molecule has 0 heterocycles. The summed E-state index contributed by atoms with van der Waals surface area (Å²) in [7, 11) is 0. The fourth-order valence-corrected chi connectivity index (χ4v) is 3.79. The molecule has 1 atom stereocenters. The number of hydrogen-bond acceptors (Lipinski definition) is 4. The van der Waals surface area contributed by atoms with Crippen LogP contribution in [0.25, 0.3) is 5.70 Å². The second kappa shape index (κ2) is 13.0. The van der Waals surface area contributed by atoms with E-state index in [1.165, 1.54) is 24.4 Å². The molecule has 0 fully saturated rings. The Balaban J connectivity index is 3.14. The molecule has 1 unspecified atom stereocenters. The van der Waals surface area contributed by atoms with Gasteiger partial charge in [0, 0.05) is 17.8 Å². The van der Waals surface area contributed by atoms with Crippen molar-refractivity contribution in [2.75, 3.05) is 0 Å². The van der Waals surface area contributed by atoms with Gasteiger partial charge in [-0.25, -0.2) is 4.39 Å². The predicted octanol–water partition coefficient (Wildman–Crippen LogP) is 6.15. The summed E-state index contributed by atoms with van der Waals surface area (Å²) in [5.74, 6) is 0. The first kappa shape index (κ1) is 29.8. The van der Waals surface area contributed by atoms with Crippen LogP contribution in [0.3, 0.4) is 0 Å². The average molecular weight is 494 g/mol. The lowest BCUT2D eigenvalue weighted by Crippen LogP contribution is -2.49. The van der Waals surface area contributed by atoms with E-state index in [2.05, 4.69) is 0 Å². The molecule has 0 spiro atoms. The summed E-state index contributed by atoms with van der Waals surface area (Å²) in [4.78, 5) is 0. The summed E-state index contributed by atoms with van der Waals surface area (Å²) in [6.45, 7) is 4.81. The molecule has 1 rings (SSSR count). The van der Waals surface area contributed by atoms with E-state index in [0.29, 0.717) is 23.2 Å². The van der Waals surface area contributed by atoms with Crippen LogP contribution in [0.4, 0.5) is 17.6 Å². The molecule has 35 heavy (non-hydrogen) atoms. The number of hydrogen-bond donors (Lipinski definition) is 4. The summed E-state index contributed by atoms with van der Waals surface area (Å²) < 4.78 is 54.4. The Morgan fingerprint density at radius 3 is 2.20 bits per heavy atom. The molecule has 1 aromatic carbocycles. The molecule has 0 radical (unpaired) electrons. The van der Waals surface area contributed by atoms with Crippen LogP contribution in [-0.2, 0) is 0 Å². The molecule has 1 aromatic rings. The zero-order valence-corrected chi connectivity index (χ0v) is 20.3. The smallest absolute Gasteiger partial charge is 0.404 e. The highest BCUT2D eigenvalue weighted by Crippen LogP contribution is 2.45. The largest absolute Gasteiger partial charge is 0.417 e. The molecular weight excluding hydrogens is 458 g/mol. The maximum Gasteiger partial charge on any atom is 0.417 e. The van der Waals surface area contributed by atoms with E-state index in [0.717, 1.165) is 11.6 Å². The molecule has 0 saturated heterocycles. The van der Waals surface area contributed by atoms with E-state index in [-0.39, 0.29) is 12.1 Å². The van der Waals surface area contributed by atoms with Crippen LogP contribution < -0.4 is 17.2 Å². The van der Waals surface area contributed by atoms with Gasteiger partial charge in [0.1, 0.15) is 0 Å². The van der Waals surface area contributed by atoms with Gasteiger partial charge in [-0.1, -0.05) is 68.5 Å². The number of nitrogens with two attached hydrogens (primary N) is 3. The van der Waals surface area contributed by atoms with Crippen LogP contribution in [0.2, 0.25) is 0 Å². The Hall–Kier alpha value is -3.26. The molecule has 7 N–H and O–H groups in total. The van der Waals surface area contributed by atoms with Crippen molar-refractivity contribution in [3.05, 3.63) is 102 Å². The summed E-state index contributed by atoms with van der Waals surface area (Å²) in [5.41, 5.74) is 15.5. The van der Waals surface area contributed by atoms with Crippen LogP contribution in [-0.4, -0.2) is 16.9 Å². The van der Waals surface area contributed by atoms with Crippen LogP contribution in [0.1, 0.15) is 45.6 Å². The lowest BCUT2D eigenvalue weighted by molar-refractivity contribution is -0.267. The van der Waals surface area contributed by atoms with Gasteiger partial charge >= 0.3 is 6.18 Å². The van der Waals surface area contributed by atoms with Gasteiger partial charge in [0.15, 0.2) is 5.60 Å². The van der Waals surface area contributed by atoms with E-state index < -0.39 is 30.0 Å². The zero-order chi connectivity index (χ0) is 26.7. The Bertz CT molecular complexity index is 1000. The Morgan fingerprint density at radius 2 is 1.69 bits per heavy atom. The third-order valence-corrected chi connectivity index (χ3v) is 5.56. The minimum Gasteiger partial charge on any atom is -0.404 e. The van der Waals surface area contributed by atoms with Crippen LogP contribution in [0.15, 0.2) is 96.2 Å². The second-order valence-electron chi connectivity index (χ2n) is 8.88. The minimum atomic E-state index is -4.95. The fourth-order valence-electron chi connectivity index (χ4n) is 3.79. The maximum absolute atomic E-state index is 14.0. The summed E-state index contributed by atoms with van der Waals surface area (Å²) in [6.07, 6.45) is 3.97. The number of benzene rings is 1. The predicted molar refractivity (Wildman–Crippen MR) is 135 cm³/mol. The van der Waals surface area contributed by atoms with E-state index in [1.54, 1.807) is 32.9 Å². The standard InChI is InChI=1S/C27H35F4N3O/c1-4-22(12-8-9-15-28)25(2,3)19-26(35,27(29,30)31)17-23(33)16-20(18-32)13-14-24(34)21-10-6-5-7-11-21/h4-12,14-16,18,35H,13,17,19,32-34H2,1-3H3/b12-8-,15-9+,20-18+,22-4+,23-16-,24-14-. The van der Waals surface area contributed by atoms with Crippen molar-refractivity contribution >= 4 is 5.70 Å². The topological polar surface area (TPSA) is 98.3 Å². The summed E-state index contributed by atoms with van der Waals surface area (Å²) in [5, 5.41) is 10.8. The third kappa shape index (κ3) is 9.13. The molecule has 4 nitrogen and oxygen atoms in total. The fraction of sp³-hybridized carbons (Fsp3) is 0.333. The van der Waals surface area contributed by atoms with E-state index in [9.17, 15) is 22.7 Å². The normalized spacial score (nSPS) is 16.8. The molecule has 0 aliphatic heterocycles. The van der Waals surface area contributed by atoms with E-state index in [1.807, 2.05) is 30.3 Å². The Kier molecular flexibility index (Phi) is 11.1. The van der Waals surface area contributed by atoms with Crippen molar-refractivity contribution < 1.29 is 22.7 Å². The molecule has 0 aromatic heterocycles. The van der Waals surface area contributed by atoms with Crippen molar-refractivity contribution in [1.29, 1.82) is 0 Å². The highest BCUT2D eigenvalue weighted by atomic mass is 19.4. The maximum atomic E-state index is 14.0. The van der Waals surface area contributed by atoms with Crippen LogP contribution in [0.5, 0.6) is 0 Å². The Morgan fingerprint density at radius 1 is 1.06 bits per heavy atom. The first-order chi connectivity index (χ1) is 16.3. The quantitative estimate of drug-likeness (QED) is 0.220. The number of allylic oxidation sites excluding steroid dienone is 8. The second-order valence-corrected chi connectivity index (χ2v) is 8.88. The molecule has 0 amide bonds. The molecular formula is C27H35F4N3O. The minimum absolute atomic E-state index is 0.179. The van der Waals surface area contributed by atoms with Crippen molar-refractivity contribution in [2.45, 2.75) is 51.8 Å². The molecule has 0 aliphatic rings. The zero-order valence-electron chi connectivity index (χ0n) is 20.3. The molecule has 0 aliphatic carbocycles. The number of halogens is 4. The Labute approximate surface area is 204 Å². The summed E-state index contributed by atoms with van der Waals surface area (Å²) >= 11 is 0. The SMILES string of the molecule is C\C=C(/C=C\C=C\F)C(C)(C)CC(O)(C/C(N)=C/C(=C/N)C/C=C(\N)c1ccccc1)C(F)(F)F.